The van der Waals surface area contributed by atoms with E-state index in [1.54, 1.807) is 20.8 Å². The largest absolute Gasteiger partial charge is 0.444 e. The Bertz CT molecular complexity index is 679. The minimum Gasteiger partial charge on any atom is -0.444 e. The van der Waals surface area contributed by atoms with Crippen LogP contribution in [-0.2, 0) is 11.3 Å². The van der Waals surface area contributed by atoms with Crippen LogP contribution >= 0.6 is 0 Å². The molecule has 0 aliphatic heterocycles. The van der Waals surface area contributed by atoms with E-state index in [0.29, 0.717) is 32.0 Å². The molecule has 0 saturated heterocycles. The summed E-state index contributed by atoms with van der Waals surface area (Å²) in [4.78, 5) is 15.8. The summed E-state index contributed by atoms with van der Waals surface area (Å²) in [7, 11) is 0. The second-order valence-corrected chi connectivity index (χ2v) is 7.00. The maximum Gasteiger partial charge on any atom is 0.407 e. The number of alkyl carbamates (subject to hydrolysis) is 1. The van der Waals surface area contributed by atoms with E-state index in [1.807, 2.05) is 6.92 Å². The zero-order valence-corrected chi connectivity index (χ0v) is 17.2. The van der Waals surface area contributed by atoms with Gasteiger partial charge < -0.3 is 25.4 Å². The van der Waals surface area contributed by atoms with Crippen LogP contribution in [0.2, 0.25) is 0 Å². The number of ether oxygens (including phenoxy) is 2. The number of alkyl halides is 2. The van der Waals surface area contributed by atoms with E-state index >= 15 is 0 Å². The van der Waals surface area contributed by atoms with E-state index in [2.05, 4.69) is 25.7 Å². The number of hydrogen-bond acceptors (Lipinski definition) is 4. The van der Waals surface area contributed by atoms with Crippen molar-refractivity contribution in [3.63, 3.8) is 0 Å². The average Bonchev–Trinajstić information content (AvgIpc) is 2.58. The SMILES string of the molecule is CCNC(=NCc1c(F)cccc1OC(F)F)NCCCNC(=O)OC(C)(C)C. The molecule has 3 N–H and O–H groups in total. The molecule has 0 saturated carbocycles. The number of aliphatic imine (C=N–C) groups is 1. The summed E-state index contributed by atoms with van der Waals surface area (Å²) in [5.74, 6) is -0.540. The van der Waals surface area contributed by atoms with Crippen molar-refractivity contribution in [1.29, 1.82) is 0 Å². The van der Waals surface area contributed by atoms with E-state index in [9.17, 15) is 18.0 Å². The Morgan fingerprint density at radius 1 is 1.17 bits per heavy atom. The first-order valence-corrected chi connectivity index (χ1v) is 9.33. The van der Waals surface area contributed by atoms with Gasteiger partial charge in [-0.15, -0.1) is 0 Å². The molecule has 0 heterocycles. The van der Waals surface area contributed by atoms with Crippen LogP contribution in [0.3, 0.4) is 0 Å². The predicted octanol–water partition coefficient (Wildman–Crippen LogP) is 3.40. The third-order valence-corrected chi connectivity index (χ3v) is 3.35. The van der Waals surface area contributed by atoms with E-state index in [0.717, 1.165) is 6.07 Å². The van der Waals surface area contributed by atoms with Crippen molar-refractivity contribution < 1.29 is 27.4 Å². The van der Waals surface area contributed by atoms with Gasteiger partial charge in [0.05, 0.1) is 12.1 Å². The van der Waals surface area contributed by atoms with Crippen LogP contribution in [0, 0.1) is 5.82 Å². The maximum absolute atomic E-state index is 14.0. The van der Waals surface area contributed by atoms with Crippen molar-refractivity contribution in [2.75, 3.05) is 19.6 Å². The second kappa shape index (κ2) is 12.0. The Hall–Kier alpha value is -2.65. The zero-order chi connectivity index (χ0) is 21.9. The minimum atomic E-state index is -3.05. The van der Waals surface area contributed by atoms with Crippen LogP contribution in [-0.4, -0.2) is 43.9 Å². The molecule has 0 bridgehead atoms. The fourth-order valence-electron chi connectivity index (χ4n) is 2.20. The number of carbonyl (C=O) groups excluding carboxylic acids is 1. The first-order valence-electron chi connectivity index (χ1n) is 9.33. The van der Waals surface area contributed by atoms with E-state index in [1.165, 1.54) is 12.1 Å². The van der Waals surface area contributed by atoms with Gasteiger partial charge in [0.1, 0.15) is 17.2 Å². The summed E-state index contributed by atoms with van der Waals surface area (Å²) in [6.07, 6.45) is 0.0903. The molecule has 1 amide bonds. The van der Waals surface area contributed by atoms with Gasteiger partial charge in [-0.2, -0.15) is 8.78 Å². The molecule has 164 valence electrons. The molecular weight excluding hydrogens is 389 g/mol. The van der Waals surface area contributed by atoms with E-state index < -0.39 is 24.1 Å². The molecule has 0 aliphatic carbocycles. The van der Waals surface area contributed by atoms with E-state index in [-0.39, 0.29) is 17.9 Å². The second-order valence-electron chi connectivity index (χ2n) is 7.00. The topological polar surface area (TPSA) is 84.0 Å². The molecule has 0 aromatic heterocycles. The van der Waals surface area contributed by atoms with Crippen LogP contribution in [0.25, 0.3) is 0 Å². The lowest BCUT2D eigenvalue weighted by Crippen LogP contribution is -2.39. The first kappa shape index (κ1) is 24.4. The molecule has 29 heavy (non-hydrogen) atoms. The molecule has 10 heteroatoms. The molecular formula is C19H29F3N4O3. The van der Waals surface area contributed by atoms with Crippen molar-refractivity contribution in [2.45, 2.75) is 52.9 Å². The number of rotatable bonds is 9. The van der Waals surface area contributed by atoms with Crippen LogP contribution in [0.1, 0.15) is 39.7 Å². The molecule has 1 aromatic carbocycles. The van der Waals surface area contributed by atoms with Crippen LogP contribution in [0.5, 0.6) is 5.75 Å². The van der Waals surface area contributed by atoms with Crippen molar-refractivity contribution in [3.8, 4) is 5.75 Å². The van der Waals surface area contributed by atoms with Crippen LogP contribution < -0.4 is 20.7 Å². The van der Waals surface area contributed by atoms with Gasteiger partial charge in [0, 0.05) is 19.6 Å². The fraction of sp³-hybridized carbons (Fsp3) is 0.579. The molecule has 1 aromatic rings. The fourth-order valence-corrected chi connectivity index (χ4v) is 2.20. The van der Waals surface area contributed by atoms with Crippen LogP contribution in [0.4, 0.5) is 18.0 Å². The Balaban J connectivity index is 2.57. The van der Waals surface area contributed by atoms with Gasteiger partial charge in [-0.1, -0.05) is 6.07 Å². The molecule has 0 aliphatic rings. The van der Waals surface area contributed by atoms with Crippen molar-refractivity contribution in [1.82, 2.24) is 16.0 Å². The number of amides is 1. The van der Waals surface area contributed by atoms with Gasteiger partial charge in [-0.05, 0) is 46.2 Å². The summed E-state index contributed by atoms with van der Waals surface area (Å²) in [6, 6.07) is 3.72. The van der Waals surface area contributed by atoms with Gasteiger partial charge in [0.25, 0.3) is 0 Å². The van der Waals surface area contributed by atoms with Crippen LogP contribution in [0.15, 0.2) is 23.2 Å². The van der Waals surface area contributed by atoms with Crippen molar-refractivity contribution in [2.24, 2.45) is 4.99 Å². The highest BCUT2D eigenvalue weighted by Crippen LogP contribution is 2.24. The third kappa shape index (κ3) is 10.5. The Morgan fingerprint density at radius 3 is 2.48 bits per heavy atom. The smallest absolute Gasteiger partial charge is 0.407 e. The lowest BCUT2D eigenvalue weighted by molar-refractivity contribution is -0.0506. The summed E-state index contributed by atoms with van der Waals surface area (Å²) >= 11 is 0. The third-order valence-electron chi connectivity index (χ3n) is 3.35. The quantitative estimate of drug-likeness (QED) is 0.325. The molecule has 0 unspecified atom stereocenters. The number of hydrogen-bond donors (Lipinski definition) is 3. The van der Waals surface area contributed by atoms with Crippen molar-refractivity contribution in [3.05, 3.63) is 29.6 Å². The molecule has 0 fully saturated rings. The van der Waals surface area contributed by atoms with Gasteiger partial charge in [0.15, 0.2) is 5.96 Å². The predicted molar refractivity (Wildman–Crippen MR) is 105 cm³/mol. The maximum atomic E-state index is 14.0. The molecule has 1 rings (SSSR count). The standard InChI is InChI=1S/C19H29F3N4O3/c1-5-23-17(24-10-7-11-25-18(27)29-19(2,3)4)26-12-13-14(20)8-6-9-15(13)28-16(21)22/h6,8-9,16H,5,7,10-12H2,1-4H3,(H,25,27)(H2,23,24,26). The highest BCUT2D eigenvalue weighted by atomic mass is 19.3. The minimum absolute atomic E-state index is 0.0587. The zero-order valence-electron chi connectivity index (χ0n) is 17.2. The molecule has 0 radical (unpaired) electrons. The van der Waals surface area contributed by atoms with Gasteiger partial charge in [-0.3, -0.25) is 0 Å². The number of benzene rings is 1. The molecule has 7 nitrogen and oxygen atoms in total. The van der Waals surface area contributed by atoms with Gasteiger partial charge in [0.2, 0.25) is 0 Å². The Labute approximate surface area is 169 Å². The lowest BCUT2D eigenvalue weighted by atomic mass is 10.2. The number of halogens is 3. The number of nitrogens with zero attached hydrogens (tertiary/aromatic N) is 1. The number of carbonyl (C=O) groups is 1. The van der Waals surface area contributed by atoms with E-state index in [4.69, 9.17) is 4.74 Å². The highest BCUT2D eigenvalue weighted by molar-refractivity contribution is 5.79. The van der Waals surface area contributed by atoms with Gasteiger partial charge >= 0.3 is 12.7 Å². The number of nitrogens with one attached hydrogen (secondary N) is 3. The summed E-state index contributed by atoms with van der Waals surface area (Å²) in [5, 5.41) is 8.64. The number of guanidine groups is 1. The molecule has 0 spiro atoms. The Morgan fingerprint density at radius 2 is 1.86 bits per heavy atom. The summed E-state index contributed by atoms with van der Waals surface area (Å²) in [6.45, 7) is 5.38. The first-order chi connectivity index (χ1) is 13.6. The highest BCUT2D eigenvalue weighted by Gasteiger charge is 2.15. The average molecular weight is 418 g/mol. The van der Waals surface area contributed by atoms with Gasteiger partial charge in [-0.25, -0.2) is 14.2 Å². The van der Waals surface area contributed by atoms with Crippen molar-refractivity contribution >= 4 is 12.1 Å². The monoisotopic (exact) mass is 418 g/mol. The normalized spacial score (nSPS) is 11.9. The summed E-state index contributed by atoms with van der Waals surface area (Å²) in [5.41, 5.74) is -0.621. The molecule has 0 atom stereocenters. The lowest BCUT2D eigenvalue weighted by Gasteiger charge is -2.19. The summed E-state index contributed by atoms with van der Waals surface area (Å²) < 4.78 is 48.5. The Kier molecular flexibility index (Phi) is 10.1.